The van der Waals surface area contributed by atoms with E-state index >= 15 is 0 Å². The molecule has 0 bridgehead atoms. The monoisotopic (exact) mass is 430 g/mol. The van der Waals surface area contributed by atoms with E-state index in [-0.39, 0.29) is 24.7 Å². The number of hydrogen-bond acceptors (Lipinski definition) is 8. The van der Waals surface area contributed by atoms with Crippen molar-refractivity contribution in [2.24, 2.45) is 0 Å². The third-order valence-corrected chi connectivity index (χ3v) is 4.65. The number of nitrogens with zero attached hydrogens (tertiary/aromatic N) is 2. The zero-order valence-corrected chi connectivity index (χ0v) is 17.0. The normalized spacial score (nSPS) is 12.3. The second kappa shape index (κ2) is 9.76. The molecule has 2 aromatic heterocycles. The van der Waals surface area contributed by atoms with E-state index in [2.05, 4.69) is 20.5 Å². The van der Waals surface area contributed by atoms with Gasteiger partial charge in [-0.25, -0.2) is 4.98 Å². The first-order valence-electron chi connectivity index (χ1n) is 9.32. The number of rotatable bonds is 5. The molecule has 1 aliphatic rings. The molecule has 11 heteroatoms. The summed E-state index contributed by atoms with van der Waals surface area (Å²) in [6, 6.07) is 4.89. The van der Waals surface area contributed by atoms with Crippen molar-refractivity contribution in [3.05, 3.63) is 46.6 Å². The summed E-state index contributed by atoms with van der Waals surface area (Å²) in [7, 11) is 1.48. The Morgan fingerprint density at radius 1 is 1.42 bits per heavy atom. The van der Waals surface area contributed by atoms with Crippen molar-refractivity contribution in [2.45, 2.75) is 26.5 Å². The lowest BCUT2D eigenvalue weighted by Crippen LogP contribution is -2.25. The Bertz CT molecular complexity index is 1070. The van der Waals surface area contributed by atoms with Crippen LogP contribution in [0.1, 0.15) is 33.2 Å². The van der Waals surface area contributed by atoms with Gasteiger partial charge in [-0.05, 0) is 25.1 Å². The Balaban J connectivity index is 0.000000858. The molecule has 0 spiro atoms. The van der Waals surface area contributed by atoms with Crippen molar-refractivity contribution in [3.63, 3.8) is 0 Å². The Hall–Kier alpha value is -3.86. The van der Waals surface area contributed by atoms with Crippen LogP contribution in [0.2, 0.25) is 0 Å². The fourth-order valence-corrected chi connectivity index (χ4v) is 3.09. The number of methoxy groups -OCH3 is 1. The van der Waals surface area contributed by atoms with Gasteiger partial charge in [0.25, 0.3) is 12.4 Å². The van der Waals surface area contributed by atoms with Gasteiger partial charge < -0.3 is 29.4 Å². The van der Waals surface area contributed by atoms with Gasteiger partial charge in [-0.3, -0.25) is 14.7 Å². The van der Waals surface area contributed by atoms with Gasteiger partial charge in [0.1, 0.15) is 11.5 Å². The molecule has 1 aromatic carbocycles. The summed E-state index contributed by atoms with van der Waals surface area (Å²) in [6.45, 7) is 2.71. The number of nitrogens with one attached hydrogen (secondary N) is 2. The number of H-pyrrole nitrogens is 1. The number of carbonyl (C=O) groups excluding carboxylic acids is 1. The van der Waals surface area contributed by atoms with Crippen molar-refractivity contribution >= 4 is 12.4 Å². The number of aromatic nitrogens is 3. The summed E-state index contributed by atoms with van der Waals surface area (Å²) >= 11 is 0. The van der Waals surface area contributed by atoms with Gasteiger partial charge in [0.05, 0.1) is 26.9 Å². The van der Waals surface area contributed by atoms with Crippen molar-refractivity contribution in [1.82, 2.24) is 20.5 Å². The molecule has 31 heavy (non-hydrogen) atoms. The molecule has 3 heterocycles. The van der Waals surface area contributed by atoms with Crippen LogP contribution >= 0.6 is 0 Å². The van der Waals surface area contributed by atoms with Gasteiger partial charge in [-0.15, -0.1) is 0 Å². The number of phenols is 1. The molecule has 1 amide bonds. The molecule has 0 saturated heterocycles. The number of phenolic OH excluding ortho intramolecular Hbond substituents is 1. The first kappa shape index (κ1) is 21.8. The minimum atomic E-state index is -0.297. The molecule has 0 unspecified atom stereocenters. The third-order valence-electron chi connectivity index (χ3n) is 4.65. The van der Waals surface area contributed by atoms with E-state index in [0.717, 1.165) is 17.7 Å². The van der Waals surface area contributed by atoms with Gasteiger partial charge in [-0.2, -0.15) is 5.10 Å². The van der Waals surface area contributed by atoms with Gasteiger partial charge in [-0.1, -0.05) is 0 Å². The van der Waals surface area contributed by atoms with E-state index in [1.165, 1.54) is 13.2 Å². The lowest BCUT2D eigenvalue weighted by atomic mass is 10.1. The van der Waals surface area contributed by atoms with E-state index < -0.39 is 0 Å². The van der Waals surface area contributed by atoms with Crippen molar-refractivity contribution < 1.29 is 33.7 Å². The lowest BCUT2D eigenvalue weighted by Gasteiger charge is -2.12. The van der Waals surface area contributed by atoms with Crippen LogP contribution in [0.4, 0.5) is 0 Å². The number of carboxylic acid groups (broad SMARTS) is 1. The molecule has 164 valence electrons. The molecular weight excluding hydrogens is 408 g/mol. The molecule has 3 aromatic rings. The van der Waals surface area contributed by atoms with Gasteiger partial charge in [0.15, 0.2) is 17.2 Å². The molecule has 0 atom stereocenters. The fourth-order valence-electron chi connectivity index (χ4n) is 3.09. The predicted octanol–water partition coefficient (Wildman–Crippen LogP) is 1.79. The minimum absolute atomic E-state index is 0.00349. The molecule has 4 rings (SSSR count). The number of hydrogen-bond donors (Lipinski definition) is 4. The molecule has 0 aliphatic carbocycles. The molecule has 0 saturated carbocycles. The smallest absolute Gasteiger partial charge is 0.290 e. The third kappa shape index (κ3) is 4.83. The Labute approximate surface area is 177 Å². The zero-order chi connectivity index (χ0) is 22.4. The van der Waals surface area contributed by atoms with E-state index in [1.54, 1.807) is 19.1 Å². The maximum Gasteiger partial charge on any atom is 0.290 e. The minimum Gasteiger partial charge on any atom is -0.504 e. The Kier molecular flexibility index (Phi) is 6.88. The Morgan fingerprint density at radius 2 is 2.19 bits per heavy atom. The van der Waals surface area contributed by atoms with E-state index in [9.17, 15) is 9.90 Å². The average Bonchev–Trinajstić information content (AvgIpc) is 3.36. The first-order valence-corrected chi connectivity index (χ1v) is 9.32. The largest absolute Gasteiger partial charge is 0.504 e. The van der Waals surface area contributed by atoms with E-state index in [1.807, 2.05) is 0 Å². The highest BCUT2D eigenvalue weighted by Gasteiger charge is 2.22. The fraction of sp³-hybridized carbons (Fsp3) is 0.300. The van der Waals surface area contributed by atoms with Crippen LogP contribution < -0.4 is 10.1 Å². The summed E-state index contributed by atoms with van der Waals surface area (Å²) in [5.74, 6) is 0.999. The highest BCUT2D eigenvalue weighted by molar-refractivity contribution is 5.93. The number of carbonyl (C=O) groups is 2. The summed E-state index contributed by atoms with van der Waals surface area (Å²) in [5.41, 5.74) is 3.29. The molecule has 1 aliphatic heterocycles. The Morgan fingerprint density at radius 3 is 2.90 bits per heavy atom. The molecular formula is C20H22N4O7. The maximum atomic E-state index is 12.5. The first-order chi connectivity index (χ1) is 15.0. The van der Waals surface area contributed by atoms with Crippen molar-refractivity contribution in [3.8, 4) is 23.0 Å². The lowest BCUT2D eigenvalue weighted by molar-refractivity contribution is -0.122. The van der Waals surface area contributed by atoms with Crippen molar-refractivity contribution in [1.29, 1.82) is 0 Å². The number of oxazole rings is 1. The van der Waals surface area contributed by atoms with Crippen molar-refractivity contribution in [2.75, 3.05) is 13.7 Å². The van der Waals surface area contributed by atoms with Crippen LogP contribution in [0, 0.1) is 6.92 Å². The number of aryl methyl sites for hydroxylation is 1. The number of ether oxygens (including phenoxy) is 2. The highest BCUT2D eigenvalue weighted by Crippen LogP contribution is 2.31. The van der Waals surface area contributed by atoms with Crippen LogP contribution in [0.3, 0.4) is 0 Å². The SMILES string of the molecule is COc1ccc(-c2nc(CNC(=O)c3n[nH]c4c3COCC4)c(C)o2)cc1O.O=CO. The zero-order valence-electron chi connectivity index (χ0n) is 17.0. The standard InChI is InChI=1S/C19H20N4O5.CH2O2/c1-10-14(21-19(28-10)11-3-4-16(26-2)15(24)7-11)8-20-18(25)17-12-9-27-6-5-13(12)22-23-17;2-1-3/h3-4,7,24H,5-6,8-9H2,1-2H3,(H,20,25)(H,22,23);1H,(H,2,3). The van der Waals surface area contributed by atoms with Gasteiger partial charge in [0.2, 0.25) is 5.89 Å². The second-order valence-electron chi connectivity index (χ2n) is 6.53. The molecule has 0 fully saturated rings. The van der Waals surface area contributed by atoms with Gasteiger partial charge in [0, 0.05) is 23.2 Å². The number of aromatic amines is 1. The van der Waals surface area contributed by atoms with Crippen LogP contribution in [0.15, 0.2) is 22.6 Å². The van der Waals surface area contributed by atoms with E-state index in [0.29, 0.717) is 47.6 Å². The molecule has 4 N–H and O–H groups in total. The highest BCUT2D eigenvalue weighted by atomic mass is 16.5. The topological polar surface area (TPSA) is 160 Å². The number of benzene rings is 1. The average molecular weight is 430 g/mol. The number of fused-ring (bicyclic) bond motifs is 1. The summed E-state index contributed by atoms with van der Waals surface area (Å²) < 4.78 is 16.1. The second-order valence-corrected chi connectivity index (χ2v) is 6.53. The van der Waals surface area contributed by atoms with Crippen LogP contribution in [0.5, 0.6) is 11.5 Å². The number of aromatic hydroxyl groups is 1. The maximum absolute atomic E-state index is 12.5. The van der Waals surface area contributed by atoms with Crippen LogP contribution in [-0.4, -0.2) is 51.5 Å². The quantitative estimate of drug-likeness (QED) is 0.442. The van der Waals surface area contributed by atoms with Crippen LogP contribution in [-0.2, 0) is 29.1 Å². The van der Waals surface area contributed by atoms with Crippen LogP contribution in [0.25, 0.3) is 11.5 Å². The number of amides is 1. The summed E-state index contributed by atoms with van der Waals surface area (Å²) in [6.07, 6.45) is 0.718. The molecule has 11 nitrogen and oxygen atoms in total. The molecule has 0 radical (unpaired) electrons. The van der Waals surface area contributed by atoms with E-state index in [4.69, 9.17) is 23.8 Å². The van der Waals surface area contributed by atoms with Gasteiger partial charge >= 0.3 is 0 Å². The predicted molar refractivity (Wildman–Crippen MR) is 107 cm³/mol. The summed E-state index contributed by atoms with van der Waals surface area (Å²) in [5, 5.41) is 26.7. The summed E-state index contributed by atoms with van der Waals surface area (Å²) in [4.78, 5) is 25.3.